The fourth-order valence-corrected chi connectivity index (χ4v) is 3.10. The zero-order chi connectivity index (χ0) is 13.3. The lowest BCUT2D eigenvalue weighted by Gasteiger charge is -2.14. The monoisotopic (exact) mass is 285 g/mol. The molecule has 0 aliphatic carbocycles. The summed E-state index contributed by atoms with van der Waals surface area (Å²) >= 11 is 1.10. The third-order valence-corrected chi connectivity index (χ3v) is 4.65. The number of anilines is 2. The largest absolute Gasteiger partial charge is 0.399 e. The van der Waals surface area contributed by atoms with Gasteiger partial charge >= 0.3 is 0 Å². The number of hydrazine groups is 1. The van der Waals surface area contributed by atoms with E-state index >= 15 is 0 Å². The average Bonchev–Trinajstić information content (AvgIpc) is 2.75. The van der Waals surface area contributed by atoms with Crippen LogP contribution in [0.25, 0.3) is 0 Å². The molecule has 0 spiro atoms. The molecule has 1 aromatic carbocycles. The molecule has 0 atom stereocenters. The van der Waals surface area contributed by atoms with Crippen LogP contribution in [0.15, 0.2) is 29.2 Å². The lowest BCUT2D eigenvalue weighted by molar-refractivity contribution is 0.591. The predicted octanol–water partition coefficient (Wildman–Crippen LogP) is 0.498. The van der Waals surface area contributed by atoms with Gasteiger partial charge in [0.05, 0.1) is 4.90 Å². The predicted molar refractivity (Wildman–Crippen MR) is 69.4 cm³/mol. The molecule has 0 amide bonds. The molecular weight excluding hydrogens is 274 g/mol. The van der Waals surface area contributed by atoms with Gasteiger partial charge in [0, 0.05) is 5.69 Å². The molecule has 0 fully saturated rings. The van der Waals surface area contributed by atoms with Crippen LogP contribution in [0, 0.1) is 6.92 Å². The maximum absolute atomic E-state index is 12.2. The highest BCUT2D eigenvalue weighted by molar-refractivity contribution is 7.93. The van der Waals surface area contributed by atoms with E-state index in [1.54, 1.807) is 6.92 Å². The zero-order valence-corrected chi connectivity index (χ0v) is 11.1. The van der Waals surface area contributed by atoms with Crippen molar-refractivity contribution in [2.75, 3.05) is 10.1 Å². The van der Waals surface area contributed by atoms with Gasteiger partial charge in [-0.15, -0.1) is 10.2 Å². The summed E-state index contributed by atoms with van der Waals surface area (Å²) in [5.74, 6) is 5.58. The van der Waals surface area contributed by atoms with Crippen LogP contribution in [0.2, 0.25) is 0 Å². The summed E-state index contributed by atoms with van der Waals surface area (Å²) < 4.78 is 24.9. The van der Waals surface area contributed by atoms with Crippen molar-refractivity contribution >= 4 is 32.2 Å². The van der Waals surface area contributed by atoms with Gasteiger partial charge in [0.15, 0.2) is 0 Å². The van der Waals surface area contributed by atoms with E-state index in [-0.39, 0.29) is 10.0 Å². The Bertz CT molecular complexity index is 650. The van der Waals surface area contributed by atoms with Crippen LogP contribution in [-0.4, -0.2) is 18.6 Å². The Morgan fingerprint density at radius 3 is 2.33 bits per heavy atom. The Kier molecular flexibility index (Phi) is 3.20. The van der Waals surface area contributed by atoms with Crippen LogP contribution < -0.4 is 16.0 Å². The number of rotatable bonds is 3. The van der Waals surface area contributed by atoms with Gasteiger partial charge in [-0.25, -0.2) is 5.84 Å². The van der Waals surface area contributed by atoms with Crippen molar-refractivity contribution in [3.05, 3.63) is 29.3 Å². The maximum Gasteiger partial charge on any atom is 0.279 e. The average molecular weight is 285 g/mol. The molecule has 0 bridgehead atoms. The van der Waals surface area contributed by atoms with Gasteiger partial charge in [-0.2, -0.15) is 12.8 Å². The van der Waals surface area contributed by atoms with E-state index in [1.807, 2.05) is 0 Å². The Hall–Kier alpha value is -1.71. The van der Waals surface area contributed by atoms with E-state index < -0.39 is 10.0 Å². The minimum absolute atomic E-state index is 0.0482. The number of sulfonamides is 1. The Morgan fingerprint density at radius 1 is 1.22 bits per heavy atom. The summed E-state index contributed by atoms with van der Waals surface area (Å²) in [4.78, 5) is 0.0482. The summed E-state index contributed by atoms with van der Waals surface area (Å²) in [5, 5.41) is 8.16. The highest BCUT2D eigenvalue weighted by Gasteiger charge is 2.24. The topological polar surface area (TPSA) is 115 Å². The van der Waals surface area contributed by atoms with Crippen LogP contribution >= 0.6 is 11.3 Å². The molecule has 4 N–H and O–H groups in total. The molecule has 2 aromatic rings. The number of hydrogen-bond acceptors (Lipinski definition) is 7. The van der Waals surface area contributed by atoms with Gasteiger partial charge in [-0.3, -0.25) is 0 Å². The first kappa shape index (κ1) is 12.7. The molecule has 0 aliphatic rings. The van der Waals surface area contributed by atoms with Crippen LogP contribution in [0.5, 0.6) is 0 Å². The molecule has 1 aromatic heterocycles. The summed E-state index contributed by atoms with van der Waals surface area (Å²) in [6.45, 7) is 1.71. The van der Waals surface area contributed by atoms with Crippen molar-refractivity contribution in [1.29, 1.82) is 0 Å². The molecule has 18 heavy (non-hydrogen) atoms. The van der Waals surface area contributed by atoms with Gasteiger partial charge in [0.1, 0.15) is 5.01 Å². The standard InChI is InChI=1S/C9H11N5O2S2/c1-6-12-13-9(17-6)14(11)18(15,16)8-4-2-7(10)3-5-8/h2-5H,10-11H2,1H3. The third-order valence-electron chi connectivity index (χ3n) is 2.14. The van der Waals surface area contributed by atoms with Crippen molar-refractivity contribution in [3.63, 3.8) is 0 Å². The smallest absolute Gasteiger partial charge is 0.279 e. The summed E-state index contributed by atoms with van der Waals surface area (Å²) in [6, 6.07) is 5.76. The van der Waals surface area contributed by atoms with Crippen LogP contribution in [0.1, 0.15) is 5.01 Å². The highest BCUT2D eigenvalue weighted by Crippen LogP contribution is 2.23. The molecule has 0 aliphatic heterocycles. The number of nitrogen functional groups attached to an aromatic ring is 1. The molecule has 96 valence electrons. The molecule has 0 saturated heterocycles. The molecule has 0 saturated carbocycles. The fourth-order valence-electron chi connectivity index (χ4n) is 1.23. The van der Waals surface area contributed by atoms with E-state index in [0.29, 0.717) is 15.1 Å². The van der Waals surface area contributed by atoms with Crippen molar-refractivity contribution in [3.8, 4) is 0 Å². The summed E-state index contributed by atoms with van der Waals surface area (Å²) in [6.07, 6.45) is 0. The van der Waals surface area contributed by atoms with Crippen LogP contribution in [-0.2, 0) is 10.0 Å². The van der Waals surface area contributed by atoms with Crippen LogP contribution in [0.3, 0.4) is 0 Å². The van der Waals surface area contributed by atoms with E-state index in [1.165, 1.54) is 24.3 Å². The number of hydrogen-bond donors (Lipinski definition) is 2. The van der Waals surface area contributed by atoms with Gasteiger partial charge in [-0.05, 0) is 31.2 Å². The van der Waals surface area contributed by atoms with E-state index in [4.69, 9.17) is 11.6 Å². The van der Waals surface area contributed by atoms with Crippen molar-refractivity contribution in [2.24, 2.45) is 5.84 Å². The zero-order valence-electron chi connectivity index (χ0n) is 9.44. The lowest BCUT2D eigenvalue weighted by Crippen LogP contribution is -2.37. The molecule has 7 nitrogen and oxygen atoms in total. The summed E-state index contributed by atoms with van der Waals surface area (Å²) in [5.41, 5.74) is 5.98. The van der Waals surface area contributed by atoms with Crippen molar-refractivity contribution in [1.82, 2.24) is 10.2 Å². The second kappa shape index (κ2) is 4.52. The first-order valence-corrected chi connectivity index (χ1v) is 7.12. The number of aryl methyl sites for hydroxylation is 1. The Morgan fingerprint density at radius 2 is 1.83 bits per heavy atom. The Balaban J connectivity index is 2.39. The minimum atomic E-state index is -3.83. The first-order valence-electron chi connectivity index (χ1n) is 4.87. The van der Waals surface area contributed by atoms with Gasteiger partial charge < -0.3 is 5.73 Å². The van der Waals surface area contributed by atoms with Crippen molar-refractivity contribution in [2.45, 2.75) is 11.8 Å². The number of aromatic nitrogens is 2. The van der Waals surface area contributed by atoms with E-state index in [2.05, 4.69) is 10.2 Å². The normalized spacial score (nSPS) is 11.4. The lowest BCUT2D eigenvalue weighted by atomic mass is 10.3. The third kappa shape index (κ3) is 2.28. The van der Waals surface area contributed by atoms with E-state index in [0.717, 1.165) is 11.3 Å². The number of nitrogens with zero attached hydrogens (tertiary/aromatic N) is 3. The quantitative estimate of drug-likeness (QED) is 0.482. The molecule has 1 heterocycles. The maximum atomic E-state index is 12.2. The summed E-state index contributed by atoms with van der Waals surface area (Å²) in [7, 11) is -3.83. The second-order valence-electron chi connectivity index (χ2n) is 3.47. The number of nitrogens with two attached hydrogens (primary N) is 2. The molecule has 2 rings (SSSR count). The second-order valence-corrected chi connectivity index (χ2v) is 6.45. The molecule has 9 heteroatoms. The number of benzene rings is 1. The minimum Gasteiger partial charge on any atom is -0.399 e. The van der Waals surface area contributed by atoms with Crippen LogP contribution in [0.4, 0.5) is 10.8 Å². The van der Waals surface area contributed by atoms with E-state index in [9.17, 15) is 8.42 Å². The molecular formula is C9H11N5O2S2. The van der Waals surface area contributed by atoms with Gasteiger partial charge in [0.25, 0.3) is 10.0 Å². The molecule has 0 radical (unpaired) electrons. The Labute approximate surface area is 108 Å². The van der Waals surface area contributed by atoms with Crippen molar-refractivity contribution < 1.29 is 8.42 Å². The van der Waals surface area contributed by atoms with Gasteiger partial charge in [0.2, 0.25) is 5.13 Å². The highest BCUT2D eigenvalue weighted by atomic mass is 32.2. The first-order chi connectivity index (χ1) is 8.41. The SMILES string of the molecule is Cc1nnc(N(N)S(=O)(=O)c2ccc(N)cc2)s1. The molecule has 0 unspecified atom stereocenters. The van der Waals surface area contributed by atoms with Gasteiger partial charge in [-0.1, -0.05) is 11.3 Å². The fraction of sp³-hybridized carbons (Fsp3) is 0.111.